The number of carbonyl (C=O) groups excluding carboxylic acids is 1. The quantitative estimate of drug-likeness (QED) is 0.0585. The molecule has 1 fully saturated rings. The smallest absolute Gasteiger partial charge is 0.414 e. The molecule has 2 aromatic heterocycles. The summed E-state index contributed by atoms with van der Waals surface area (Å²) in [6, 6.07) is 10.4. The second-order valence-electron chi connectivity index (χ2n) is 12.6. The number of azide groups is 1. The summed E-state index contributed by atoms with van der Waals surface area (Å²) in [5.74, 6) is 0.193. The number of amides is 1. The number of methoxy groups -OCH3 is 1. The van der Waals surface area contributed by atoms with Crippen LogP contribution in [0.15, 0.2) is 62.9 Å². The lowest BCUT2D eigenvalue weighted by molar-refractivity contribution is 0.00379. The fourth-order valence-corrected chi connectivity index (χ4v) is 8.56. The van der Waals surface area contributed by atoms with Crippen molar-refractivity contribution in [1.29, 1.82) is 0 Å². The lowest BCUT2D eigenvalue weighted by atomic mass is 9.80. The normalized spacial score (nSPS) is 20.1. The molecule has 1 aromatic carbocycles. The number of nitrogens with zero attached hydrogens (tertiary/aromatic N) is 3. The van der Waals surface area contributed by atoms with Crippen LogP contribution in [0.5, 0.6) is 5.75 Å². The second kappa shape index (κ2) is 14.3. The average Bonchev–Trinajstić information content (AvgIpc) is 3.63. The van der Waals surface area contributed by atoms with Gasteiger partial charge in [-0.15, -0.1) is 0 Å². The van der Waals surface area contributed by atoms with Crippen LogP contribution >= 0.6 is 0 Å². The number of sulfone groups is 1. The van der Waals surface area contributed by atoms with Gasteiger partial charge in [0, 0.05) is 25.0 Å². The van der Waals surface area contributed by atoms with E-state index in [2.05, 4.69) is 15.3 Å². The molecule has 45 heavy (non-hydrogen) atoms. The Balaban J connectivity index is 1.72. The van der Waals surface area contributed by atoms with E-state index in [-0.39, 0.29) is 49.7 Å². The third-order valence-corrected chi connectivity index (χ3v) is 11.8. The Morgan fingerprint density at radius 2 is 1.84 bits per heavy atom. The summed E-state index contributed by atoms with van der Waals surface area (Å²) < 4.78 is 50.7. The number of fused-ring (bicyclic) bond motifs is 1. The molecule has 0 saturated heterocycles. The van der Waals surface area contributed by atoms with E-state index >= 15 is 0 Å². The van der Waals surface area contributed by atoms with E-state index < -0.39 is 37.2 Å². The van der Waals surface area contributed by atoms with Crippen molar-refractivity contribution in [1.82, 2.24) is 5.32 Å². The summed E-state index contributed by atoms with van der Waals surface area (Å²) in [6.07, 6.45) is 3.95. The first-order valence-corrected chi connectivity index (χ1v) is 16.7. The van der Waals surface area contributed by atoms with Gasteiger partial charge in [-0.2, -0.15) is 0 Å². The third kappa shape index (κ3) is 7.82. The van der Waals surface area contributed by atoms with Gasteiger partial charge in [-0.3, -0.25) is 5.32 Å². The molecule has 246 valence electrons. The molecular formula is C31H43N5O8S. The first-order chi connectivity index (χ1) is 21.3. The Kier molecular flexibility index (Phi) is 10.9. The number of aliphatic hydroxyl groups is 1. The van der Waals surface area contributed by atoms with Crippen molar-refractivity contribution in [2.24, 2.45) is 16.3 Å². The number of rotatable bonds is 15. The van der Waals surface area contributed by atoms with Crippen LogP contribution in [-0.4, -0.2) is 55.2 Å². The Morgan fingerprint density at radius 1 is 1.13 bits per heavy atom. The van der Waals surface area contributed by atoms with Crippen LogP contribution in [0.4, 0.5) is 4.79 Å². The van der Waals surface area contributed by atoms with Gasteiger partial charge >= 0.3 is 11.9 Å². The van der Waals surface area contributed by atoms with Crippen LogP contribution in [-0.2, 0) is 21.0 Å². The van der Waals surface area contributed by atoms with E-state index in [9.17, 15) is 18.3 Å². The van der Waals surface area contributed by atoms with Crippen LogP contribution in [0.25, 0.3) is 21.6 Å². The molecule has 1 aliphatic carbocycles. The van der Waals surface area contributed by atoms with E-state index in [1.807, 2.05) is 13.8 Å². The van der Waals surface area contributed by atoms with Gasteiger partial charge in [-0.05, 0) is 73.9 Å². The van der Waals surface area contributed by atoms with E-state index in [4.69, 9.17) is 29.6 Å². The van der Waals surface area contributed by atoms with Gasteiger partial charge in [0.25, 0.3) is 0 Å². The summed E-state index contributed by atoms with van der Waals surface area (Å²) in [5, 5.41) is 18.3. The zero-order valence-corrected chi connectivity index (χ0v) is 26.8. The zero-order valence-electron chi connectivity index (χ0n) is 26.0. The number of ether oxygens (including phenoxy) is 2. The highest BCUT2D eigenvalue weighted by atomic mass is 32.2. The van der Waals surface area contributed by atoms with Crippen molar-refractivity contribution >= 4 is 27.1 Å². The fraction of sp³-hybridized carbons (Fsp3) is 0.581. The minimum Gasteiger partial charge on any atom is -0.433 e. The number of carbonyl (C=O) groups is 1. The standard InChI is InChI=1S/C31H43N5O8S/c1-29(2,15-7-18-34-36-33)16-17-31(38,45(39,40)24-12-10-23(41-3)11-13-24)30(32,20-22-8-5-4-6-9-22)35-28(37)44-26-21-43-27-25(26)14-19-42-27/h4-6,8-9,14,19,21,23-24,38H,7,10-13,15-18,20,32H2,1-3H3,(H,35,37)/t23?,24?,30-,31+/m0/s1. The van der Waals surface area contributed by atoms with Crippen LogP contribution in [0.3, 0.4) is 0 Å². The van der Waals surface area contributed by atoms with E-state index in [0.717, 1.165) is 0 Å². The Hall–Kier alpha value is -3.55. The van der Waals surface area contributed by atoms with Crippen molar-refractivity contribution in [3.05, 3.63) is 64.9 Å². The fourth-order valence-electron chi connectivity index (χ4n) is 6.10. The van der Waals surface area contributed by atoms with Crippen LogP contribution < -0.4 is 15.8 Å². The highest BCUT2D eigenvalue weighted by molar-refractivity contribution is 7.93. The van der Waals surface area contributed by atoms with E-state index in [0.29, 0.717) is 43.2 Å². The highest BCUT2D eigenvalue weighted by Crippen LogP contribution is 2.42. The van der Waals surface area contributed by atoms with Gasteiger partial charge in [-0.1, -0.05) is 49.3 Å². The molecule has 2 heterocycles. The summed E-state index contributed by atoms with van der Waals surface area (Å²) in [7, 11) is -2.82. The molecule has 1 aliphatic rings. The third-order valence-electron chi connectivity index (χ3n) is 8.90. The van der Waals surface area contributed by atoms with Gasteiger partial charge in [0.2, 0.25) is 4.93 Å². The maximum absolute atomic E-state index is 14.6. The molecule has 14 heteroatoms. The predicted molar refractivity (Wildman–Crippen MR) is 168 cm³/mol. The molecule has 13 nitrogen and oxygen atoms in total. The van der Waals surface area contributed by atoms with Crippen molar-refractivity contribution in [2.75, 3.05) is 13.7 Å². The van der Waals surface area contributed by atoms with Crippen molar-refractivity contribution in [3.63, 3.8) is 0 Å². The number of hydrogen-bond donors (Lipinski definition) is 3. The molecule has 4 rings (SSSR count). The van der Waals surface area contributed by atoms with Gasteiger partial charge < -0.3 is 29.1 Å². The number of benzene rings is 1. The predicted octanol–water partition coefficient (Wildman–Crippen LogP) is 5.97. The number of nitrogens with one attached hydrogen (secondary N) is 1. The van der Waals surface area contributed by atoms with Gasteiger partial charge in [0.1, 0.15) is 17.3 Å². The molecular weight excluding hydrogens is 602 g/mol. The van der Waals surface area contributed by atoms with Crippen LogP contribution in [0, 0.1) is 5.41 Å². The largest absolute Gasteiger partial charge is 0.433 e. The number of nitrogens with two attached hydrogens (primary N) is 1. The Morgan fingerprint density at radius 3 is 2.51 bits per heavy atom. The number of furan rings is 2. The zero-order chi connectivity index (χ0) is 32.7. The lowest BCUT2D eigenvalue weighted by Gasteiger charge is -2.47. The Labute approximate surface area is 263 Å². The minimum atomic E-state index is -4.41. The second-order valence-corrected chi connectivity index (χ2v) is 15.0. The molecule has 0 radical (unpaired) electrons. The SMILES string of the molecule is COC1CCC(S(=O)(=O)[C@](O)(CCC(C)(C)CCCN=[N+]=[N-])[C@](N)(Cc2ccccc2)NC(=O)Oc2coc3occc23)CC1. The summed E-state index contributed by atoms with van der Waals surface area (Å²) in [5.41, 5.74) is 13.5. The first-order valence-electron chi connectivity index (χ1n) is 15.1. The molecule has 1 saturated carbocycles. The summed E-state index contributed by atoms with van der Waals surface area (Å²) >= 11 is 0. The highest BCUT2D eigenvalue weighted by Gasteiger charge is 2.60. The molecule has 3 aromatic rings. The molecule has 2 atom stereocenters. The maximum Gasteiger partial charge on any atom is 0.414 e. The molecule has 0 unspecified atom stereocenters. The van der Waals surface area contributed by atoms with Crippen molar-refractivity contribution in [3.8, 4) is 5.75 Å². The molecule has 1 amide bonds. The Bertz CT molecular complexity index is 1580. The summed E-state index contributed by atoms with van der Waals surface area (Å²) in [4.78, 5) is 13.7. The first kappa shape index (κ1) is 34.3. The van der Waals surface area contributed by atoms with E-state index in [1.165, 1.54) is 12.5 Å². The minimum absolute atomic E-state index is 0.0451. The lowest BCUT2D eigenvalue weighted by Crippen LogP contribution is -2.75. The average molecular weight is 646 g/mol. The number of hydrogen-bond acceptors (Lipinski definition) is 10. The van der Waals surface area contributed by atoms with Gasteiger partial charge in [0.05, 0.1) is 17.6 Å². The maximum atomic E-state index is 14.6. The van der Waals surface area contributed by atoms with Crippen LogP contribution in [0.1, 0.15) is 70.8 Å². The molecule has 0 bridgehead atoms. The topological polar surface area (TPSA) is 203 Å². The molecule has 0 spiro atoms. The van der Waals surface area contributed by atoms with E-state index in [1.54, 1.807) is 43.5 Å². The van der Waals surface area contributed by atoms with Crippen molar-refractivity contribution < 1.29 is 36.6 Å². The molecule has 0 aliphatic heterocycles. The van der Waals surface area contributed by atoms with Gasteiger partial charge in [0.15, 0.2) is 15.6 Å². The monoisotopic (exact) mass is 645 g/mol. The summed E-state index contributed by atoms with van der Waals surface area (Å²) in [6.45, 7) is 4.20. The van der Waals surface area contributed by atoms with Crippen LogP contribution in [0.2, 0.25) is 0 Å². The van der Waals surface area contributed by atoms with Crippen molar-refractivity contribution in [2.45, 2.75) is 93.6 Å². The van der Waals surface area contributed by atoms with Gasteiger partial charge in [-0.25, -0.2) is 13.2 Å². The molecule has 4 N–H and O–H groups in total.